The molecule has 3 aromatic rings. The maximum Gasteiger partial charge on any atom is 0.396 e. The van der Waals surface area contributed by atoms with Crippen LogP contribution >= 0.6 is 0 Å². The van der Waals surface area contributed by atoms with Crippen molar-refractivity contribution >= 4 is 16.9 Å². The van der Waals surface area contributed by atoms with Gasteiger partial charge >= 0.3 is 11.9 Å². The van der Waals surface area contributed by atoms with Gasteiger partial charge < -0.3 is 14.1 Å². The third-order valence-corrected chi connectivity index (χ3v) is 2.64. The van der Waals surface area contributed by atoms with Crippen molar-refractivity contribution in [2.45, 2.75) is 6.92 Å². The maximum atomic E-state index is 11.4. The molecule has 0 aliphatic carbocycles. The molecule has 0 saturated carbocycles. The fourth-order valence-corrected chi connectivity index (χ4v) is 1.80. The molecular weight excluding hydrogens is 246 g/mol. The van der Waals surface area contributed by atoms with E-state index in [0.29, 0.717) is 5.69 Å². The number of aromatic nitrogens is 3. The summed E-state index contributed by atoms with van der Waals surface area (Å²) in [6.45, 7) is 1.98. The molecule has 0 aliphatic rings. The van der Waals surface area contributed by atoms with E-state index in [1.807, 2.05) is 30.3 Å². The van der Waals surface area contributed by atoms with Gasteiger partial charge in [-0.15, -0.1) is 10.2 Å². The second-order valence-corrected chi connectivity index (χ2v) is 3.90. The van der Waals surface area contributed by atoms with Crippen LogP contribution in [-0.4, -0.2) is 27.8 Å². The maximum absolute atomic E-state index is 11.4. The SMILES string of the molecule is CCOC(=O)c1nnc(-c2cc3ccccc3[nH]2)o1. The molecule has 0 spiro atoms. The highest BCUT2D eigenvalue weighted by Gasteiger charge is 2.17. The second-order valence-electron chi connectivity index (χ2n) is 3.90. The van der Waals surface area contributed by atoms with Gasteiger partial charge in [0.15, 0.2) is 0 Å². The monoisotopic (exact) mass is 257 g/mol. The van der Waals surface area contributed by atoms with Gasteiger partial charge in [-0.2, -0.15) is 0 Å². The zero-order valence-corrected chi connectivity index (χ0v) is 10.2. The Bertz CT molecular complexity index is 696. The van der Waals surface area contributed by atoms with E-state index >= 15 is 0 Å². The van der Waals surface area contributed by atoms with Crippen molar-refractivity contribution in [3.8, 4) is 11.6 Å². The van der Waals surface area contributed by atoms with Crippen LogP contribution in [0.4, 0.5) is 0 Å². The van der Waals surface area contributed by atoms with Crippen LogP contribution in [-0.2, 0) is 4.74 Å². The molecule has 3 rings (SSSR count). The van der Waals surface area contributed by atoms with Gasteiger partial charge in [0, 0.05) is 10.9 Å². The normalized spacial score (nSPS) is 10.8. The number of nitrogens with zero attached hydrogens (tertiary/aromatic N) is 2. The fourth-order valence-electron chi connectivity index (χ4n) is 1.80. The van der Waals surface area contributed by atoms with Crippen LogP contribution in [0, 0.1) is 0 Å². The molecule has 0 atom stereocenters. The molecule has 0 aliphatic heterocycles. The van der Waals surface area contributed by atoms with E-state index in [2.05, 4.69) is 15.2 Å². The number of esters is 1. The molecule has 2 heterocycles. The average molecular weight is 257 g/mol. The summed E-state index contributed by atoms with van der Waals surface area (Å²) in [6.07, 6.45) is 0. The predicted octanol–water partition coefficient (Wildman–Crippen LogP) is 2.39. The summed E-state index contributed by atoms with van der Waals surface area (Å²) in [6, 6.07) is 9.68. The van der Waals surface area contributed by atoms with Gasteiger partial charge in [0.25, 0.3) is 5.89 Å². The van der Waals surface area contributed by atoms with Crippen molar-refractivity contribution in [1.29, 1.82) is 0 Å². The molecule has 0 unspecified atom stereocenters. The third-order valence-electron chi connectivity index (χ3n) is 2.64. The number of nitrogens with one attached hydrogen (secondary N) is 1. The van der Waals surface area contributed by atoms with Crippen molar-refractivity contribution in [1.82, 2.24) is 15.2 Å². The van der Waals surface area contributed by atoms with Crippen molar-refractivity contribution < 1.29 is 13.9 Å². The van der Waals surface area contributed by atoms with E-state index in [-0.39, 0.29) is 18.4 Å². The van der Waals surface area contributed by atoms with Crippen LogP contribution in [0.3, 0.4) is 0 Å². The van der Waals surface area contributed by atoms with Gasteiger partial charge in [-0.3, -0.25) is 0 Å². The lowest BCUT2D eigenvalue weighted by atomic mass is 10.2. The molecule has 0 radical (unpaired) electrons. The van der Waals surface area contributed by atoms with E-state index in [1.54, 1.807) is 6.92 Å². The smallest absolute Gasteiger partial charge is 0.396 e. The highest BCUT2D eigenvalue weighted by atomic mass is 16.5. The standard InChI is InChI=1S/C13H11N3O3/c1-2-18-13(17)12-16-15-11(19-12)10-7-8-5-3-4-6-9(8)14-10/h3-7,14H,2H2,1H3. The number of para-hydroxylation sites is 1. The van der Waals surface area contributed by atoms with Crippen LogP contribution in [0.1, 0.15) is 17.6 Å². The quantitative estimate of drug-likeness (QED) is 0.728. The van der Waals surface area contributed by atoms with Gasteiger partial charge in [-0.1, -0.05) is 18.2 Å². The van der Waals surface area contributed by atoms with E-state index in [4.69, 9.17) is 9.15 Å². The second kappa shape index (κ2) is 4.56. The summed E-state index contributed by atoms with van der Waals surface area (Å²) in [5.41, 5.74) is 1.64. The highest BCUT2D eigenvalue weighted by molar-refractivity contribution is 5.86. The molecule has 0 fully saturated rings. The van der Waals surface area contributed by atoms with E-state index in [0.717, 1.165) is 10.9 Å². The Morgan fingerprint density at radius 2 is 2.21 bits per heavy atom. The summed E-state index contributed by atoms with van der Waals surface area (Å²) in [4.78, 5) is 14.6. The average Bonchev–Trinajstić information content (AvgIpc) is 3.05. The molecule has 0 bridgehead atoms. The molecular formula is C13H11N3O3. The molecule has 0 amide bonds. The predicted molar refractivity (Wildman–Crippen MR) is 67.5 cm³/mol. The number of H-pyrrole nitrogens is 1. The lowest BCUT2D eigenvalue weighted by Crippen LogP contribution is -2.04. The Kier molecular flexibility index (Phi) is 2.75. The first kappa shape index (κ1) is 11.5. The molecule has 1 N–H and O–H groups in total. The zero-order chi connectivity index (χ0) is 13.2. The summed E-state index contributed by atoms with van der Waals surface area (Å²) < 4.78 is 10.1. The Morgan fingerprint density at radius 1 is 1.37 bits per heavy atom. The molecule has 2 aromatic heterocycles. The highest BCUT2D eigenvalue weighted by Crippen LogP contribution is 2.22. The number of hydrogen-bond donors (Lipinski definition) is 1. The van der Waals surface area contributed by atoms with Crippen LogP contribution in [0.2, 0.25) is 0 Å². The van der Waals surface area contributed by atoms with Crippen LogP contribution in [0.25, 0.3) is 22.5 Å². The number of aromatic amines is 1. The Labute approximate surface area is 108 Å². The Balaban J connectivity index is 1.96. The van der Waals surface area contributed by atoms with Gasteiger partial charge in [0.05, 0.1) is 6.61 Å². The van der Waals surface area contributed by atoms with Crippen molar-refractivity contribution in [2.24, 2.45) is 0 Å². The number of carbonyl (C=O) groups excluding carboxylic acids is 1. The van der Waals surface area contributed by atoms with Gasteiger partial charge in [0.1, 0.15) is 5.69 Å². The zero-order valence-electron chi connectivity index (χ0n) is 10.2. The lowest BCUT2D eigenvalue weighted by molar-refractivity contribution is 0.0481. The van der Waals surface area contributed by atoms with Gasteiger partial charge in [-0.05, 0) is 19.1 Å². The number of hydrogen-bond acceptors (Lipinski definition) is 5. The number of carbonyl (C=O) groups is 1. The minimum absolute atomic E-state index is 0.143. The number of benzene rings is 1. The summed E-state index contributed by atoms with van der Waals surface area (Å²) >= 11 is 0. The number of ether oxygens (including phenoxy) is 1. The van der Waals surface area contributed by atoms with Crippen molar-refractivity contribution in [2.75, 3.05) is 6.61 Å². The van der Waals surface area contributed by atoms with Crippen LogP contribution < -0.4 is 0 Å². The molecule has 0 saturated heterocycles. The largest absolute Gasteiger partial charge is 0.459 e. The first-order valence-electron chi connectivity index (χ1n) is 5.86. The summed E-state index contributed by atoms with van der Waals surface area (Å²) in [7, 11) is 0. The first-order valence-corrected chi connectivity index (χ1v) is 5.86. The molecule has 6 nitrogen and oxygen atoms in total. The molecule has 96 valence electrons. The van der Waals surface area contributed by atoms with Gasteiger partial charge in [-0.25, -0.2) is 4.79 Å². The molecule has 1 aromatic carbocycles. The molecule has 19 heavy (non-hydrogen) atoms. The van der Waals surface area contributed by atoms with E-state index in [9.17, 15) is 4.79 Å². The van der Waals surface area contributed by atoms with Crippen LogP contribution in [0.5, 0.6) is 0 Å². The van der Waals surface area contributed by atoms with E-state index < -0.39 is 5.97 Å². The van der Waals surface area contributed by atoms with Crippen molar-refractivity contribution in [3.63, 3.8) is 0 Å². The number of rotatable bonds is 3. The summed E-state index contributed by atoms with van der Waals surface area (Å²) in [5, 5.41) is 8.54. The number of fused-ring (bicyclic) bond motifs is 1. The Hall–Kier alpha value is -2.63. The van der Waals surface area contributed by atoms with Crippen LogP contribution in [0.15, 0.2) is 34.7 Å². The minimum Gasteiger partial charge on any atom is -0.459 e. The summed E-state index contributed by atoms with van der Waals surface area (Å²) in [5.74, 6) is -0.493. The topological polar surface area (TPSA) is 81.0 Å². The third kappa shape index (κ3) is 2.08. The molecule has 6 heteroatoms. The lowest BCUT2D eigenvalue weighted by Gasteiger charge is -1.94. The first-order chi connectivity index (χ1) is 9.28. The van der Waals surface area contributed by atoms with Gasteiger partial charge in [0.2, 0.25) is 0 Å². The van der Waals surface area contributed by atoms with Crippen molar-refractivity contribution in [3.05, 3.63) is 36.2 Å². The fraction of sp³-hybridized carbons (Fsp3) is 0.154. The van der Waals surface area contributed by atoms with E-state index in [1.165, 1.54) is 0 Å². The minimum atomic E-state index is -0.614. The Morgan fingerprint density at radius 3 is 3.00 bits per heavy atom.